The number of nitrogens with one attached hydrogen (secondary N) is 1. The van der Waals surface area contributed by atoms with Gasteiger partial charge in [0, 0.05) is 11.5 Å². The fraction of sp³-hybridized carbons (Fsp3) is 0.435. The number of allylic oxidation sites excluding steroid dienone is 3. The van der Waals surface area contributed by atoms with E-state index in [1.54, 1.807) is 13.2 Å². The van der Waals surface area contributed by atoms with Gasteiger partial charge >= 0.3 is 0 Å². The van der Waals surface area contributed by atoms with E-state index in [9.17, 15) is 4.79 Å². The fourth-order valence-corrected chi connectivity index (χ4v) is 2.80. The summed E-state index contributed by atoms with van der Waals surface area (Å²) >= 11 is 0. The van der Waals surface area contributed by atoms with Crippen molar-refractivity contribution in [2.45, 2.75) is 53.6 Å². The third kappa shape index (κ3) is 5.91. The van der Waals surface area contributed by atoms with Gasteiger partial charge in [-0.2, -0.15) is 0 Å². The summed E-state index contributed by atoms with van der Waals surface area (Å²) in [6, 6.07) is 5.49. The zero-order chi connectivity index (χ0) is 20.7. The molecule has 1 aromatic carbocycles. The van der Waals surface area contributed by atoms with E-state index in [1.165, 1.54) is 11.1 Å². The molecule has 0 saturated carbocycles. The molecular weight excluding hydrogens is 354 g/mol. The van der Waals surface area contributed by atoms with E-state index in [1.807, 2.05) is 32.1 Å². The average Bonchev–Trinajstić information content (AvgIpc) is 2.62. The molecule has 5 nitrogen and oxygen atoms in total. The number of aromatic amines is 1. The molecule has 1 N–H and O–H groups in total. The van der Waals surface area contributed by atoms with Crippen LogP contribution in [0.4, 0.5) is 0 Å². The number of rotatable bonds is 9. The van der Waals surface area contributed by atoms with Crippen LogP contribution in [0.25, 0.3) is 10.9 Å². The van der Waals surface area contributed by atoms with Gasteiger partial charge in [-0.15, -0.1) is 0 Å². The van der Waals surface area contributed by atoms with E-state index < -0.39 is 0 Å². The maximum absolute atomic E-state index is 12.6. The van der Waals surface area contributed by atoms with Crippen LogP contribution in [-0.4, -0.2) is 24.8 Å². The summed E-state index contributed by atoms with van der Waals surface area (Å²) in [7, 11) is 1.59. The van der Waals surface area contributed by atoms with Gasteiger partial charge in [-0.25, -0.2) is 0 Å². The van der Waals surface area contributed by atoms with Crippen LogP contribution in [0.1, 0.15) is 47.5 Å². The van der Waals surface area contributed by atoms with Crippen molar-refractivity contribution in [1.82, 2.24) is 4.98 Å². The fourth-order valence-electron chi connectivity index (χ4n) is 2.80. The maximum Gasteiger partial charge on any atom is 0.294 e. The summed E-state index contributed by atoms with van der Waals surface area (Å²) in [6.07, 6.45) is 6.11. The number of benzene rings is 1. The smallest absolute Gasteiger partial charge is 0.294 e. The van der Waals surface area contributed by atoms with E-state index in [2.05, 4.69) is 31.8 Å². The molecule has 0 aliphatic rings. The highest BCUT2D eigenvalue weighted by atomic mass is 16.5. The van der Waals surface area contributed by atoms with Gasteiger partial charge in [0.15, 0.2) is 5.75 Å². The summed E-state index contributed by atoms with van der Waals surface area (Å²) in [5, 5.41) is 0.786. The highest BCUT2D eigenvalue weighted by molar-refractivity contribution is 5.88. The second-order valence-corrected chi connectivity index (χ2v) is 7.37. The monoisotopic (exact) mass is 385 g/mol. The minimum atomic E-state index is -0.313. The Bertz CT molecular complexity index is 918. The van der Waals surface area contributed by atoms with Crippen molar-refractivity contribution in [2.24, 2.45) is 0 Å². The molecule has 0 bridgehead atoms. The Morgan fingerprint density at radius 3 is 2.54 bits per heavy atom. The predicted octanol–water partition coefficient (Wildman–Crippen LogP) is 5.40. The van der Waals surface area contributed by atoms with E-state index in [0.717, 1.165) is 18.2 Å². The van der Waals surface area contributed by atoms with Crippen LogP contribution in [-0.2, 0) is 0 Å². The van der Waals surface area contributed by atoms with Crippen molar-refractivity contribution in [3.05, 3.63) is 51.9 Å². The highest BCUT2D eigenvalue weighted by Gasteiger charge is 2.17. The van der Waals surface area contributed by atoms with Gasteiger partial charge in [0.2, 0.25) is 5.75 Å². The number of hydrogen-bond acceptors (Lipinski definition) is 4. The van der Waals surface area contributed by atoms with Gasteiger partial charge in [0.05, 0.1) is 18.7 Å². The first kappa shape index (κ1) is 21.6. The molecule has 0 unspecified atom stereocenters. The topological polar surface area (TPSA) is 60.6 Å². The van der Waals surface area contributed by atoms with Crippen LogP contribution >= 0.6 is 0 Å². The molecule has 0 radical (unpaired) electrons. The molecule has 0 aliphatic heterocycles. The van der Waals surface area contributed by atoms with E-state index in [-0.39, 0.29) is 17.4 Å². The number of methoxy groups -OCH3 is 1. The van der Waals surface area contributed by atoms with Gasteiger partial charge in [0.25, 0.3) is 5.56 Å². The summed E-state index contributed by atoms with van der Waals surface area (Å²) in [6.45, 7) is 10.4. The SMILES string of the molecule is COc1ccc2c(OC(C)C)c(OC/C=C(\C)CCC=C(C)C)c(=O)[nH]c2c1. The van der Waals surface area contributed by atoms with Crippen LogP contribution in [0, 0.1) is 0 Å². The molecule has 1 heterocycles. The van der Waals surface area contributed by atoms with Crippen molar-refractivity contribution in [3.63, 3.8) is 0 Å². The largest absolute Gasteiger partial charge is 0.497 e. The zero-order valence-corrected chi connectivity index (χ0v) is 17.7. The van der Waals surface area contributed by atoms with Crippen molar-refractivity contribution < 1.29 is 14.2 Å². The van der Waals surface area contributed by atoms with Gasteiger partial charge in [-0.3, -0.25) is 4.79 Å². The summed E-state index contributed by atoms with van der Waals surface area (Å²) in [5.41, 5.74) is 2.89. The lowest BCUT2D eigenvalue weighted by molar-refractivity contribution is 0.228. The van der Waals surface area contributed by atoms with Crippen LogP contribution in [0.2, 0.25) is 0 Å². The molecule has 152 valence electrons. The van der Waals surface area contributed by atoms with Gasteiger partial charge in [0.1, 0.15) is 12.4 Å². The number of ether oxygens (including phenoxy) is 3. The quantitative estimate of drug-likeness (QED) is 0.588. The number of fused-ring (bicyclic) bond motifs is 1. The Balaban J connectivity index is 2.28. The molecule has 2 aromatic rings. The average molecular weight is 386 g/mol. The lowest BCUT2D eigenvalue weighted by Gasteiger charge is -2.16. The Hall–Kier alpha value is -2.69. The summed E-state index contributed by atoms with van der Waals surface area (Å²) < 4.78 is 17.0. The predicted molar refractivity (Wildman–Crippen MR) is 115 cm³/mol. The molecule has 0 fully saturated rings. The zero-order valence-electron chi connectivity index (χ0n) is 17.7. The molecule has 0 atom stereocenters. The summed E-state index contributed by atoms with van der Waals surface area (Å²) in [4.78, 5) is 15.5. The van der Waals surface area contributed by atoms with Gasteiger partial charge in [-0.1, -0.05) is 17.2 Å². The summed E-state index contributed by atoms with van der Waals surface area (Å²) in [5.74, 6) is 1.34. The van der Waals surface area contributed by atoms with E-state index in [4.69, 9.17) is 14.2 Å². The molecule has 0 spiro atoms. The first-order valence-electron chi connectivity index (χ1n) is 9.64. The standard InChI is InChI=1S/C23H31NO4/c1-15(2)8-7-9-17(5)12-13-27-22-21(28-16(3)4)19-11-10-18(26-6)14-20(19)24-23(22)25/h8,10-12,14,16H,7,9,13H2,1-6H3,(H,24,25)/b17-12+. The van der Waals surface area contributed by atoms with Crippen LogP contribution < -0.4 is 19.8 Å². The molecule has 0 aliphatic carbocycles. The third-order valence-corrected chi connectivity index (χ3v) is 4.24. The Labute approximate surface area is 167 Å². The number of pyridine rings is 1. The third-order valence-electron chi connectivity index (χ3n) is 4.24. The first-order valence-corrected chi connectivity index (χ1v) is 9.64. The van der Waals surface area contributed by atoms with Gasteiger partial charge < -0.3 is 19.2 Å². The van der Waals surface area contributed by atoms with Crippen molar-refractivity contribution in [2.75, 3.05) is 13.7 Å². The number of hydrogen-bond donors (Lipinski definition) is 1. The molecule has 0 saturated heterocycles. The Kier molecular flexibility index (Phi) is 7.73. The minimum absolute atomic E-state index is 0.0872. The molecule has 5 heteroatoms. The lowest BCUT2D eigenvalue weighted by atomic mass is 10.1. The maximum atomic E-state index is 12.6. The molecule has 2 rings (SSSR count). The lowest BCUT2D eigenvalue weighted by Crippen LogP contribution is -2.16. The van der Waals surface area contributed by atoms with Crippen LogP contribution in [0.5, 0.6) is 17.2 Å². The second kappa shape index (κ2) is 10.0. The normalized spacial score (nSPS) is 11.6. The van der Waals surface area contributed by atoms with Gasteiger partial charge in [-0.05, 0) is 65.7 Å². The minimum Gasteiger partial charge on any atom is -0.497 e. The van der Waals surface area contributed by atoms with Crippen LogP contribution in [0.3, 0.4) is 0 Å². The van der Waals surface area contributed by atoms with E-state index in [0.29, 0.717) is 23.6 Å². The highest BCUT2D eigenvalue weighted by Crippen LogP contribution is 2.34. The molecule has 1 aromatic heterocycles. The van der Waals surface area contributed by atoms with Crippen LogP contribution in [0.15, 0.2) is 46.3 Å². The van der Waals surface area contributed by atoms with E-state index >= 15 is 0 Å². The molecule has 28 heavy (non-hydrogen) atoms. The number of H-pyrrole nitrogens is 1. The van der Waals surface area contributed by atoms with Crippen molar-refractivity contribution in [1.29, 1.82) is 0 Å². The van der Waals surface area contributed by atoms with Crippen molar-refractivity contribution >= 4 is 10.9 Å². The Morgan fingerprint density at radius 1 is 1.14 bits per heavy atom. The van der Waals surface area contributed by atoms with Crippen molar-refractivity contribution in [3.8, 4) is 17.2 Å². The molecule has 0 amide bonds. The number of aromatic nitrogens is 1. The molecular formula is C23H31NO4. The second-order valence-electron chi connectivity index (χ2n) is 7.37. The Morgan fingerprint density at radius 2 is 1.89 bits per heavy atom. The first-order chi connectivity index (χ1) is 13.3.